The van der Waals surface area contributed by atoms with Gasteiger partial charge in [-0.05, 0) is 79.9 Å². The van der Waals surface area contributed by atoms with Gasteiger partial charge in [0, 0.05) is 0 Å². The minimum absolute atomic E-state index is 0.248. The molecule has 0 heterocycles. The summed E-state index contributed by atoms with van der Waals surface area (Å²) in [5.74, 6) is 3.42. The molecule has 0 aromatic heterocycles. The molecule has 0 amide bonds. The zero-order chi connectivity index (χ0) is 19.1. The average Bonchev–Trinajstić information content (AvgIpc) is 2.67. The van der Waals surface area contributed by atoms with Gasteiger partial charge in [0.15, 0.2) is 0 Å². The molecule has 0 unspecified atom stereocenters. The van der Waals surface area contributed by atoms with Crippen molar-refractivity contribution in [2.75, 3.05) is 0 Å². The average molecular weight is 377 g/mol. The lowest BCUT2D eigenvalue weighted by Crippen LogP contribution is -2.12. The first-order valence-corrected chi connectivity index (χ1v) is 10.8. The SMILES string of the molecule is CC1CCC(CC/C=C/C2CCC(c3ccc(OC(F)F)cc3)CC2)CC1. The Balaban J connectivity index is 1.36. The third-order valence-corrected chi connectivity index (χ3v) is 6.63. The third kappa shape index (κ3) is 6.62. The molecule has 3 rings (SSSR count). The fourth-order valence-corrected chi connectivity index (χ4v) is 4.80. The van der Waals surface area contributed by atoms with Crippen LogP contribution in [0.3, 0.4) is 0 Å². The smallest absolute Gasteiger partial charge is 0.387 e. The van der Waals surface area contributed by atoms with Crippen molar-refractivity contribution in [1.29, 1.82) is 0 Å². The zero-order valence-electron chi connectivity index (χ0n) is 16.6. The second kappa shape index (κ2) is 10.2. The van der Waals surface area contributed by atoms with Crippen molar-refractivity contribution < 1.29 is 13.5 Å². The van der Waals surface area contributed by atoms with E-state index in [1.165, 1.54) is 69.8 Å². The summed E-state index contributed by atoms with van der Waals surface area (Å²) in [6.07, 6.45) is 18.0. The van der Waals surface area contributed by atoms with Crippen molar-refractivity contribution in [2.24, 2.45) is 17.8 Å². The van der Waals surface area contributed by atoms with E-state index in [0.717, 1.165) is 11.8 Å². The Hall–Kier alpha value is -1.38. The highest BCUT2D eigenvalue weighted by Gasteiger charge is 2.21. The molecule has 27 heavy (non-hydrogen) atoms. The van der Waals surface area contributed by atoms with Crippen molar-refractivity contribution in [1.82, 2.24) is 0 Å². The van der Waals surface area contributed by atoms with E-state index in [9.17, 15) is 8.78 Å². The Morgan fingerprint density at radius 1 is 0.963 bits per heavy atom. The monoisotopic (exact) mass is 376 g/mol. The highest BCUT2D eigenvalue weighted by Crippen LogP contribution is 2.37. The maximum atomic E-state index is 12.2. The minimum atomic E-state index is -2.75. The lowest BCUT2D eigenvalue weighted by atomic mass is 9.78. The molecule has 1 aromatic rings. The van der Waals surface area contributed by atoms with Crippen LogP contribution in [0.15, 0.2) is 36.4 Å². The van der Waals surface area contributed by atoms with Crippen LogP contribution in [0, 0.1) is 17.8 Å². The van der Waals surface area contributed by atoms with Crippen LogP contribution in [0.2, 0.25) is 0 Å². The quantitative estimate of drug-likeness (QED) is 0.442. The van der Waals surface area contributed by atoms with E-state index < -0.39 is 6.61 Å². The maximum absolute atomic E-state index is 12.2. The molecular formula is C24H34F2O. The molecule has 3 heteroatoms. The lowest BCUT2D eigenvalue weighted by Gasteiger charge is -2.27. The number of alkyl halides is 2. The predicted molar refractivity (Wildman–Crippen MR) is 107 cm³/mol. The normalized spacial score (nSPS) is 29.3. The van der Waals surface area contributed by atoms with Gasteiger partial charge in [0.1, 0.15) is 5.75 Å². The van der Waals surface area contributed by atoms with E-state index in [1.807, 2.05) is 12.1 Å². The maximum Gasteiger partial charge on any atom is 0.387 e. The molecule has 2 aliphatic rings. The fourth-order valence-electron chi connectivity index (χ4n) is 4.80. The van der Waals surface area contributed by atoms with Crippen molar-refractivity contribution in [3.63, 3.8) is 0 Å². The Morgan fingerprint density at radius 2 is 1.63 bits per heavy atom. The van der Waals surface area contributed by atoms with Gasteiger partial charge in [-0.1, -0.05) is 56.9 Å². The second-order valence-corrected chi connectivity index (χ2v) is 8.69. The van der Waals surface area contributed by atoms with Gasteiger partial charge in [0.2, 0.25) is 0 Å². The number of halogens is 2. The van der Waals surface area contributed by atoms with Gasteiger partial charge in [-0.25, -0.2) is 0 Å². The molecule has 2 fully saturated rings. The van der Waals surface area contributed by atoms with Crippen LogP contribution < -0.4 is 4.74 Å². The van der Waals surface area contributed by atoms with Crippen LogP contribution in [0.1, 0.15) is 82.6 Å². The molecule has 1 nitrogen and oxygen atoms in total. The van der Waals surface area contributed by atoms with Crippen LogP contribution >= 0.6 is 0 Å². The van der Waals surface area contributed by atoms with Crippen LogP contribution in [-0.4, -0.2) is 6.61 Å². The molecular weight excluding hydrogens is 342 g/mol. The molecule has 0 bridgehead atoms. The highest BCUT2D eigenvalue weighted by molar-refractivity contribution is 5.29. The number of hydrogen-bond acceptors (Lipinski definition) is 1. The first-order valence-electron chi connectivity index (χ1n) is 10.8. The van der Waals surface area contributed by atoms with Crippen LogP contribution in [0.25, 0.3) is 0 Å². The molecule has 150 valence electrons. The molecule has 2 saturated carbocycles. The van der Waals surface area contributed by atoms with Crippen LogP contribution in [0.4, 0.5) is 8.78 Å². The number of hydrogen-bond donors (Lipinski definition) is 0. The molecule has 0 aliphatic heterocycles. The summed E-state index contributed by atoms with van der Waals surface area (Å²) in [4.78, 5) is 0. The molecule has 2 aliphatic carbocycles. The number of rotatable bonds is 7. The molecule has 1 aromatic carbocycles. The zero-order valence-corrected chi connectivity index (χ0v) is 16.6. The van der Waals surface area contributed by atoms with Crippen molar-refractivity contribution >= 4 is 0 Å². The topological polar surface area (TPSA) is 9.23 Å². The largest absolute Gasteiger partial charge is 0.435 e. The molecule has 0 atom stereocenters. The summed E-state index contributed by atoms with van der Waals surface area (Å²) in [5.41, 5.74) is 1.26. The Bertz CT molecular complexity index is 565. The minimum Gasteiger partial charge on any atom is -0.435 e. The number of ether oxygens (including phenoxy) is 1. The number of benzene rings is 1. The summed E-state index contributed by atoms with van der Waals surface area (Å²) in [6.45, 7) is -0.363. The molecule has 0 saturated heterocycles. The standard InChI is InChI=1S/C24H34F2O/c1-18-6-8-19(9-7-18)4-2-3-5-20-10-12-21(13-11-20)22-14-16-23(17-15-22)27-24(25)26/h3,5,14-21,24H,2,4,6-13H2,1H3/b5-3+. The summed E-state index contributed by atoms with van der Waals surface area (Å²) in [5, 5.41) is 0. The van der Waals surface area contributed by atoms with Gasteiger partial charge in [-0.3, -0.25) is 0 Å². The van der Waals surface area contributed by atoms with E-state index in [0.29, 0.717) is 11.8 Å². The summed E-state index contributed by atoms with van der Waals surface area (Å²) < 4.78 is 28.9. The summed E-state index contributed by atoms with van der Waals surface area (Å²) in [7, 11) is 0. The van der Waals surface area contributed by atoms with E-state index in [4.69, 9.17) is 0 Å². The van der Waals surface area contributed by atoms with Gasteiger partial charge in [-0.2, -0.15) is 8.78 Å². The lowest BCUT2D eigenvalue weighted by molar-refractivity contribution is -0.0498. The molecule has 0 N–H and O–H groups in total. The van der Waals surface area contributed by atoms with Gasteiger partial charge in [0.25, 0.3) is 0 Å². The second-order valence-electron chi connectivity index (χ2n) is 8.69. The van der Waals surface area contributed by atoms with E-state index in [2.05, 4.69) is 23.8 Å². The molecule has 0 radical (unpaired) electrons. The van der Waals surface area contributed by atoms with E-state index in [1.54, 1.807) is 12.1 Å². The van der Waals surface area contributed by atoms with Gasteiger partial charge < -0.3 is 4.74 Å². The van der Waals surface area contributed by atoms with Crippen molar-refractivity contribution in [3.05, 3.63) is 42.0 Å². The number of allylic oxidation sites excluding steroid dienone is 2. The van der Waals surface area contributed by atoms with Gasteiger partial charge in [0.05, 0.1) is 0 Å². The predicted octanol–water partition coefficient (Wildman–Crippen LogP) is 7.72. The van der Waals surface area contributed by atoms with Crippen molar-refractivity contribution in [3.8, 4) is 5.75 Å². The van der Waals surface area contributed by atoms with Crippen LogP contribution in [-0.2, 0) is 0 Å². The third-order valence-electron chi connectivity index (χ3n) is 6.63. The highest BCUT2D eigenvalue weighted by atomic mass is 19.3. The summed E-state index contributed by atoms with van der Waals surface area (Å²) >= 11 is 0. The van der Waals surface area contributed by atoms with E-state index >= 15 is 0 Å². The fraction of sp³-hybridized carbons (Fsp3) is 0.667. The van der Waals surface area contributed by atoms with E-state index in [-0.39, 0.29) is 5.75 Å². The Kier molecular flexibility index (Phi) is 7.72. The summed E-state index contributed by atoms with van der Waals surface area (Å²) in [6, 6.07) is 7.23. The Morgan fingerprint density at radius 3 is 2.26 bits per heavy atom. The Labute approximate surface area is 163 Å². The van der Waals surface area contributed by atoms with Crippen molar-refractivity contribution in [2.45, 2.75) is 83.7 Å². The van der Waals surface area contributed by atoms with Gasteiger partial charge in [-0.15, -0.1) is 0 Å². The first kappa shape index (κ1) is 20.4. The first-order chi connectivity index (χ1) is 13.1. The van der Waals surface area contributed by atoms with Crippen LogP contribution in [0.5, 0.6) is 5.75 Å². The van der Waals surface area contributed by atoms with Gasteiger partial charge >= 0.3 is 6.61 Å². The molecule has 0 spiro atoms.